The molecule has 0 aliphatic carbocycles. The van der Waals surface area contributed by atoms with E-state index >= 15 is 0 Å². The van der Waals surface area contributed by atoms with Crippen LogP contribution >= 0.6 is 11.3 Å². The van der Waals surface area contributed by atoms with Gasteiger partial charge in [-0.2, -0.15) is 13.2 Å². The summed E-state index contributed by atoms with van der Waals surface area (Å²) in [5.41, 5.74) is 1.49. The van der Waals surface area contributed by atoms with Crippen LogP contribution in [-0.4, -0.2) is 36.2 Å². The summed E-state index contributed by atoms with van der Waals surface area (Å²) in [6.07, 6.45) is -4.47. The van der Waals surface area contributed by atoms with E-state index in [0.717, 1.165) is 22.8 Å². The topological polar surface area (TPSA) is 80.8 Å². The van der Waals surface area contributed by atoms with E-state index in [2.05, 4.69) is 10.3 Å². The summed E-state index contributed by atoms with van der Waals surface area (Å²) in [6, 6.07) is 16.1. The van der Waals surface area contributed by atoms with E-state index < -0.39 is 29.3 Å². The maximum Gasteiger partial charge on any atom is 0.416 e. The normalized spacial score (nSPS) is 11.6. The third-order valence-corrected chi connectivity index (χ3v) is 7.30. The van der Waals surface area contributed by atoms with E-state index in [-0.39, 0.29) is 12.2 Å². The summed E-state index contributed by atoms with van der Waals surface area (Å²) in [5.74, 6) is -0.141. The first-order valence-corrected chi connectivity index (χ1v) is 14.3. The molecule has 0 spiro atoms. The number of aryl methyl sites for hydroxylation is 1. The smallest absolute Gasteiger partial charge is 0.416 e. The molecule has 0 aliphatic heterocycles. The van der Waals surface area contributed by atoms with E-state index in [9.17, 15) is 22.8 Å². The van der Waals surface area contributed by atoms with Crippen molar-refractivity contribution in [3.8, 4) is 16.9 Å². The minimum absolute atomic E-state index is 0.185. The summed E-state index contributed by atoms with van der Waals surface area (Å²) in [5, 5.41) is 5.72. The molecule has 7 nitrogen and oxygen atoms in total. The van der Waals surface area contributed by atoms with Crippen molar-refractivity contribution >= 4 is 34.7 Å². The van der Waals surface area contributed by atoms with Gasteiger partial charge < -0.3 is 14.8 Å². The van der Waals surface area contributed by atoms with Gasteiger partial charge in [-0.05, 0) is 81.8 Å². The van der Waals surface area contributed by atoms with E-state index in [4.69, 9.17) is 9.47 Å². The van der Waals surface area contributed by atoms with Gasteiger partial charge in [-0.25, -0.2) is 9.78 Å². The standard InChI is InChI=1S/C32H32F3N3O4S/c1-20-36-24(19-43-20)17-18-42-30(40)38(31(2,3)4)25-15-13-23(14-16-25)37-29(39)26-7-6-8-27(41-5)28(26)21-9-11-22(12-10-21)32(33,34)35/h6-16,19H,17-18H2,1-5H3,(H,37,39). The average Bonchev–Trinajstić information content (AvgIpc) is 3.37. The van der Waals surface area contributed by atoms with E-state index in [1.54, 1.807) is 53.8 Å². The fourth-order valence-corrected chi connectivity index (χ4v) is 5.15. The first kappa shape index (κ1) is 31.6. The number of alkyl halides is 3. The summed E-state index contributed by atoms with van der Waals surface area (Å²) in [6.45, 7) is 7.77. The third kappa shape index (κ3) is 7.72. The van der Waals surface area contributed by atoms with Crippen LogP contribution in [0, 0.1) is 6.92 Å². The molecule has 1 heterocycles. The second-order valence-electron chi connectivity index (χ2n) is 10.7. The van der Waals surface area contributed by atoms with Crippen LogP contribution < -0.4 is 15.0 Å². The lowest BCUT2D eigenvalue weighted by Gasteiger charge is -2.34. The Balaban J connectivity index is 1.52. The SMILES string of the molecule is COc1cccc(C(=O)Nc2ccc(N(C(=O)OCCc3csc(C)n3)C(C)(C)C)cc2)c1-c1ccc(C(F)(F)F)cc1. The monoisotopic (exact) mass is 611 g/mol. The second kappa shape index (κ2) is 12.9. The number of methoxy groups -OCH3 is 1. The Bertz CT molecular complexity index is 1580. The Morgan fingerprint density at radius 3 is 2.21 bits per heavy atom. The maximum atomic E-state index is 13.4. The number of amides is 2. The van der Waals surface area contributed by atoms with Crippen LogP contribution in [0.15, 0.2) is 72.1 Å². The minimum atomic E-state index is -4.48. The van der Waals surface area contributed by atoms with Crippen molar-refractivity contribution < 1.29 is 32.2 Å². The molecule has 0 atom stereocenters. The van der Waals surface area contributed by atoms with Crippen molar-refractivity contribution in [3.63, 3.8) is 0 Å². The van der Waals surface area contributed by atoms with Crippen LogP contribution in [0.2, 0.25) is 0 Å². The van der Waals surface area contributed by atoms with Gasteiger partial charge in [0.15, 0.2) is 0 Å². The lowest BCUT2D eigenvalue weighted by Crippen LogP contribution is -2.46. The Kier molecular flexibility index (Phi) is 9.44. The van der Waals surface area contributed by atoms with E-state index in [1.807, 2.05) is 33.1 Å². The minimum Gasteiger partial charge on any atom is -0.496 e. The third-order valence-electron chi connectivity index (χ3n) is 6.48. The summed E-state index contributed by atoms with van der Waals surface area (Å²) in [7, 11) is 1.43. The molecule has 0 saturated carbocycles. The lowest BCUT2D eigenvalue weighted by atomic mass is 9.96. The Hall–Kier alpha value is -4.38. The van der Waals surface area contributed by atoms with Crippen molar-refractivity contribution in [2.45, 2.75) is 45.8 Å². The first-order valence-electron chi connectivity index (χ1n) is 13.4. The van der Waals surface area contributed by atoms with Crippen molar-refractivity contribution in [3.05, 3.63) is 93.9 Å². The van der Waals surface area contributed by atoms with Crippen LogP contribution in [0.4, 0.5) is 29.3 Å². The van der Waals surface area contributed by atoms with Crippen molar-refractivity contribution in [2.24, 2.45) is 0 Å². The molecule has 0 radical (unpaired) electrons. The highest BCUT2D eigenvalue weighted by Crippen LogP contribution is 2.37. The van der Waals surface area contributed by atoms with Crippen molar-refractivity contribution in [2.75, 3.05) is 23.9 Å². The molecule has 1 aromatic heterocycles. The molecule has 3 aromatic carbocycles. The van der Waals surface area contributed by atoms with E-state index in [0.29, 0.717) is 34.7 Å². The number of aromatic nitrogens is 1. The van der Waals surface area contributed by atoms with Gasteiger partial charge in [-0.1, -0.05) is 18.2 Å². The van der Waals surface area contributed by atoms with Crippen LogP contribution in [0.3, 0.4) is 0 Å². The van der Waals surface area contributed by atoms with Crippen LogP contribution in [0.1, 0.15) is 47.4 Å². The first-order chi connectivity index (χ1) is 20.3. The number of hydrogen-bond acceptors (Lipinski definition) is 6. The number of ether oxygens (including phenoxy) is 2. The molecular weight excluding hydrogens is 579 g/mol. The number of hydrogen-bond donors (Lipinski definition) is 1. The number of nitrogens with one attached hydrogen (secondary N) is 1. The fourth-order valence-electron chi connectivity index (χ4n) is 4.50. The molecule has 226 valence electrons. The molecule has 43 heavy (non-hydrogen) atoms. The highest BCUT2D eigenvalue weighted by molar-refractivity contribution is 7.09. The van der Waals surface area contributed by atoms with Crippen molar-refractivity contribution in [1.82, 2.24) is 4.98 Å². The Morgan fingerprint density at radius 2 is 1.65 bits per heavy atom. The second-order valence-corrected chi connectivity index (χ2v) is 11.7. The largest absolute Gasteiger partial charge is 0.496 e. The number of benzene rings is 3. The van der Waals surface area contributed by atoms with Crippen LogP contribution in [-0.2, 0) is 17.3 Å². The number of rotatable bonds is 8. The zero-order chi connectivity index (χ0) is 31.4. The molecule has 0 aliphatic rings. The highest BCUT2D eigenvalue weighted by atomic mass is 32.1. The molecule has 11 heteroatoms. The van der Waals surface area contributed by atoms with Gasteiger partial charge in [-0.3, -0.25) is 9.69 Å². The Morgan fingerprint density at radius 1 is 0.977 bits per heavy atom. The molecule has 4 rings (SSSR count). The predicted octanol–water partition coefficient (Wildman–Crippen LogP) is 8.38. The van der Waals surface area contributed by atoms with Gasteiger partial charge in [0.1, 0.15) is 5.75 Å². The van der Waals surface area contributed by atoms with Crippen molar-refractivity contribution in [1.29, 1.82) is 0 Å². The number of nitrogens with zero attached hydrogens (tertiary/aromatic N) is 2. The van der Waals surface area contributed by atoms with Gasteiger partial charge in [0.05, 0.1) is 35.5 Å². The number of carbonyl (C=O) groups is 2. The molecule has 1 N–H and O–H groups in total. The lowest BCUT2D eigenvalue weighted by molar-refractivity contribution is -0.137. The number of halogens is 3. The average molecular weight is 612 g/mol. The molecule has 4 aromatic rings. The maximum absolute atomic E-state index is 13.4. The molecular formula is C32H32F3N3O4S. The molecule has 2 amide bonds. The van der Waals surface area contributed by atoms with Gasteiger partial charge in [0.2, 0.25) is 0 Å². The zero-order valence-corrected chi connectivity index (χ0v) is 25.2. The molecule has 0 fully saturated rings. The van der Waals surface area contributed by atoms with Gasteiger partial charge in [-0.15, -0.1) is 11.3 Å². The molecule has 0 saturated heterocycles. The number of thiazole rings is 1. The predicted molar refractivity (Wildman–Crippen MR) is 162 cm³/mol. The van der Waals surface area contributed by atoms with E-state index in [1.165, 1.54) is 24.1 Å². The van der Waals surface area contributed by atoms with Gasteiger partial charge >= 0.3 is 12.3 Å². The summed E-state index contributed by atoms with van der Waals surface area (Å²) in [4.78, 5) is 32.4. The molecule has 0 unspecified atom stereocenters. The highest BCUT2D eigenvalue weighted by Gasteiger charge is 2.31. The zero-order valence-electron chi connectivity index (χ0n) is 24.4. The van der Waals surface area contributed by atoms with Crippen LogP contribution in [0.5, 0.6) is 5.75 Å². The quantitative estimate of drug-likeness (QED) is 0.217. The van der Waals surface area contributed by atoms with Gasteiger partial charge in [0.25, 0.3) is 5.91 Å². The molecule has 0 bridgehead atoms. The summed E-state index contributed by atoms with van der Waals surface area (Å²) < 4.78 is 50.3. The fraction of sp³-hybridized carbons (Fsp3) is 0.281. The number of carbonyl (C=O) groups excluding carboxylic acids is 2. The van der Waals surface area contributed by atoms with Crippen LogP contribution in [0.25, 0.3) is 11.1 Å². The summed E-state index contributed by atoms with van der Waals surface area (Å²) >= 11 is 1.54. The van der Waals surface area contributed by atoms with Gasteiger partial charge in [0, 0.05) is 34.3 Å². The Labute approximate surface area is 252 Å². The number of anilines is 2.